The van der Waals surface area contributed by atoms with Gasteiger partial charge in [-0.3, -0.25) is 4.57 Å². The number of hydrogen-bond acceptors (Lipinski definition) is 10. The van der Waals surface area contributed by atoms with Crippen molar-refractivity contribution in [3.8, 4) is 11.5 Å². The Labute approximate surface area is 162 Å². The number of aliphatic hydroxyl groups excluding tert-OH is 3. The Morgan fingerprint density at radius 3 is 2.66 bits per heavy atom. The molecule has 0 bridgehead atoms. The second-order valence-electron chi connectivity index (χ2n) is 6.52. The predicted octanol–water partition coefficient (Wildman–Crippen LogP) is -0.400. The normalized spacial score (nSPS) is 24.3. The van der Waals surface area contributed by atoms with Gasteiger partial charge in [-0.2, -0.15) is 0 Å². The van der Waals surface area contributed by atoms with Gasteiger partial charge in [-0.25, -0.2) is 19.3 Å². The molecule has 1 saturated heterocycles. The van der Waals surface area contributed by atoms with Gasteiger partial charge in [-0.1, -0.05) is 0 Å². The van der Waals surface area contributed by atoms with Crippen molar-refractivity contribution in [2.24, 2.45) is 0 Å². The van der Waals surface area contributed by atoms with Crippen LogP contribution in [-0.2, 0) is 11.3 Å². The second kappa shape index (κ2) is 7.40. The molecule has 12 heteroatoms. The number of benzene rings is 1. The number of hydrogen-bond donors (Lipinski definition) is 6. The molecular formula is C17H18FN5O6. The molecule has 3 heterocycles. The molecule has 1 aliphatic heterocycles. The zero-order chi connectivity index (χ0) is 20.7. The van der Waals surface area contributed by atoms with Crippen LogP contribution in [0.5, 0.6) is 11.5 Å². The fraction of sp³-hybridized carbons (Fsp3) is 0.353. The number of aliphatic hydroxyl groups is 3. The molecule has 0 amide bonds. The van der Waals surface area contributed by atoms with Crippen LogP contribution in [0.3, 0.4) is 0 Å². The van der Waals surface area contributed by atoms with Crippen molar-refractivity contribution in [2.75, 3.05) is 11.9 Å². The van der Waals surface area contributed by atoms with E-state index in [-0.39, 0.29) is 34.8 Å². The Bertz CT molecular complexity index is 1050. The Hall–Kier alpha value is -3.06. The van der Waals surface area contributed by atoms with Gasteiger partial charge >= 0.3 is 0 Å². The number of rotatable bonds is 5. The van der Waals surface area contributed by atoms with Crippen molar-refractivity contribution in [3.63, 3.8) is 0 Å². The quantitative estimate of drug-likeness (QED) is 0.328. The van der Waals surface area contributed by atoms with E-state index in [0.29, 0.717) is 0 Å². The van der Waals surface area contributed by atoms with Gasteiger partial charge in [-0.15, -0.1) is 0 Å². The molecule has 11 nitrogen and oxygen atoms in total. The van der Waals surface area contributed by atoms with Gasteiger partial charge in [-0.05, 0) is 12.1 Å². The number of nitrogens with zero attached hydrogens (tertiary/aromatic N) is 4. The molecule has 4 atom stereocenters. The highest BCUT2D eigenvalue weighted by molar-refractivity contribution is 5.82. The third-order valence-electron chi connectivity index (χ3n) is 4.79. The fourth-order valence-corrected chi connectivity index (χ4v) is 3.22. The third-order valence-corrected chi connectivity index (χ3v) is 4.79. The zero-order valence-electron chi connectivity index (χ0n) is 14.8. The van der Waals surface area contributed by atoms with Crippen molar-refractivity contribution in [3.05, 3.63) is 36.2 Å². The van der Waals surface area contributed by atoms with Gasteiger partial charge in [0, 0.05) is 6.54 Å². The number of halogens is 1. The van der Waals surface area contributed by atoms with E-state index in [0.717, 1.165) is 12.1 Å². The van der Waals surface area contributed by atoms with Gasteiger partial charge in [0.25, 0.3) is 0 Å². The molecule has 1 unspecified atom stereocenters. The standard InChI is InChI=1S/C17H18FN5O6/c18-8-1-2-9(25)7(12(8)26)3-19-15-11-16(21-5-20-15)23(6-22-11)17-14(28)13(27)10(4-24)29-17/h1-2,5-6,10,13-14,17,24-28H,3-4H2,(H,19,20,21)/t10-,13-,14-,17?/m1/s1. The Kier molecular flexibility index (Phi) is 4.92. The SMILES string of the molecule is OC[C@H]1OC(n2cnc3c(NCc4c(O)ccc(F)c4O)ncnc32)[C@H](O)[C@@H]1O. The second-order valence-corrected chi connectivity index (χ2v) is 6.52. The minimum Gasteiger partial charge on any atom is -0.507 e. The largest absolute Gasteiger partial charge is 0.507 e. The number of phenols is 2. The molecule has 0 spiro atoms. The maximum absolute atomic E-state index is 13.5. The summed E-state index contributed by atoms with van der Waals surface area (Å²) in [4.78, 5) is 12.4. The van der Waals surface area contributed by atoms with E-state index in [4.69, 9.17) is 4.74 Å². The summed E-state index contributed by atoms with van der Waals surface area (Å²) in [6.45, 7) is -0.619. The summed E-state index contributed by atoms with van der Waals surface area (Å²) < 4.78 is 20.4. The molecular weight excluding hydrogens is 389 g/mol. The highest BCUT2D eigenvalue weighted by atomic mass is 19.1. The van der Waals surface area contributed by atoms with Crippen molar-refractivity contribution < 1.29 is 34.7 Å². The van der Waals surface area contributed by atoms with E-state index in [1.165, 1.54) is 17.2 Å². The molecule has 1 fully saturated rings. The summed E-state index contributed by atoms with van der Waals surface area (Å²) in [5.74, 6) is -1.62. The number of anilines is 1. The maximum atomic E-state index is 13.5. The number of imidazole rings is 1. The summed E-state index contributed by atoms with van der Waals surface area (Å²) in [6.07, 6.45) is -2.01. The van der Waals surface area contributed by atoms with Crippen LogP contribution in [0.15, 0.2) is 24.8 Å². The van der Waals surface area contributed by atoms with Gasteiger partial charge < -0.3 is 35.6 Å². The van der Waals surface area contributed by atoms with Crippen molar-refractivity contribution >= 4 is 17.0 Å². The van der Waals surface area contributed by atoms with E-state index in [1.807, 2.05) is 0 Å². The van der Waals surface area contributed by atoms with Crippen LogP contribution < -0.4 is 5.32 Å². The van der Waals surface area contributed by atoms with E-state index < -0.39 is 42.7 Å². The topological polar surface area (TPSA) is 166 Å². The van der Waals surface area contributed by atoms with Crippen LogP contribution in [0.4, 0.5) is 10.2 Å². The highest BCUT2D eigenvalue weighted by Crippen LogP contribution is 2.33. The predicted molar refractivity (Wildman–Crippen MR) is 95.4 cm³/mol. The first-order valence-electron chi connectivity index (χ1n) is 8.65. The highest BCUT2D eigenvalue weighted by Gasteiger charge is 2.44. The van der Waals surface area contributed by atoms with Crippen LogP contribution >= 0.6 is 0 Å². The number of phenolic OH excluding ortho intramolecular Hbond substituents is 2. The fourth-order valence-electron chi connectivity index (χ4n) is 3.22. The van der Waals surface area contributed by atoms with Crippen LogP contribution in [0.1, 0.15) is 11.8 Å². The Morgan fingerprint density at radius 1 is 1.14 bits per heavy atom. The van der Waals surface area contributed by atoms with Crippen molar-refractivity contribution in [1.82, 2.24) is 19.5 Å². The molecule has 4 rings (SSSR count). The van der Waals surface area contributed by atoms with Gasteiger partial charge in [0.2, 0.25) is 0 Å². The molecule has 2 aromatic heterocycles. The molecule has 29 heavy (non-hydrogen) atoms. The number of fused-ring (bicyclic) bond motifs is 1. The first kappa shape index (κ1) is 19.3. The third kappa shape index (κ3) is 3.21. The maximum Gasteiger partial charge on any atom is 0.167 e. The average Bonchev–Trinajstić information content (AvgIpc) is 3.26. The van der Waals surface area contributed by atoms with Crippen LogP contribution in [0.25, 0.3) is 11.2 Å². The lowest BCUT2D eigenvalue weighted by Gasteiger charge is -2.16. The van der Waals surface area contributed by atoms with Crippen LogP contribution in [0, 0.1) is 5.82 Å². The number of nitrogens with one attached hydrogen (secondary N) is 1. The van der Waals surface area contributed by atoms with Gasteiger partial charge in [0.1, 0.15) is 30.4 Å². The van der Waals surface area contributed by atoms with Crippen molar-refractivity contribution in [2.45, 2.75) is 31.1 Å². The molecule has 0 radical (unpaired) electrons. The lowest BCUT2D eigenvalue weighted by Crippen LogP contribution is -2.33. The number of ether oxygens (including phenoxy) is 1. The van der Waals surface area contributed by atoms with Crippen LogP contribution in [-0.4, -0.2) is 70.0 Å². The van der Waals surface area contributed by atoms with Gasteiger partial charge in [0.15, 0.2) is 34.8 Å². The molecule has 1 aromatic carbocycles. The van der Waals surface area contributed by atoms with Crippen molar-refractivity contribution in [1.29, 1.82) is 0 Å². The lowest BCUT2D eigenvalue weighted by molar-refractivity contribution is -0.0511. The molecule has 0 aliphatic carbocycles. The van der Waals surface area contributed by atoms with E-state index in [1.54, 1.807) is 0 Å². The molecule has 0 saturated carbocycles. The van der Waals surface area contributed by atoms with Gasteiger partial charge in [0.05, 0.1) is 18.5 Å². The summed E-state index contributed by atoms with van der Waals surface area (Å²) in [7, 11) is 0. The average molecular weight is 407 g/mol. The molecule has 1 aliphatic rings. The summed E-state index contributed by atoms with van der Waals surface area (Å²) >= 11 is 0. The molecule has 154 valence electrons. The lowest BCUT2D eigenvalue weighted by atomic mass is 10.1. The number of aromatic hydroxyl groups is 2. The first-order chi connectivity index (χ1) is 13.9. The molecule has 6 N–H and O–H groups in total. The van der Waals surface area contributed by atoms with E-state index in [2.05, 4.69) is 20.3 Å². The van der Waals surface area contributed by atoms with E-state index >= 15 is 0 Å². The number of aromatic nitrogens is 4. The van der Waals surface area contributed by atoms with Crippen LogP contribution in [0.2, 0.25) is 0 Å². The minimum absolute atomic E-state index is 0.0559. The summed E-state index contributed by atoms with van der Waals surface area (Å²) in [6, 6.07) is 2.07. The monoisotopic (exact) mass is 407 g/mol. The Balaban J connectivity index is 1.63. The summed E-state index contributed by atoms with van der Waals surface area (Å²) in [5, 5.41) is 51.9. The van der Waals surface area contributed by atoms with E-state index in [9.17, 15) is 29.9 Å². The summed E-state index contributed by atoms with van der Waals surface area (Å²) in [5.41, 5.74) is 0.491. The molecule has 3 aromatic rings. The zero-order valence-corrected chi connectivity index (χ0v) is 14.8. The minimum atomic E-state index is -1.31. The Morgan fingerprint density at radius 2 is 1.93 bits per heavy atom. The smallest absolute Gasteiger partial charge is 0.167 e. The first-order valence-corrected chi connectivity index (χ1v) is 8.65.